The summed E-state index contributed by atoms with van der Waals surface area (Å²) in [6.07, 6.45) is 1.05. The van der Waals surface area contributed by atoms with Crippen molar-refractivity contribution in [1.82, 2.24) is 0 Å². The number of hydrogen-bond acceptors (Lipinski definition) is 1. The molecule has 0 aromatic heterocycles. The fourth-order valence-electron chi connectivity index (χ4n) is 1.97. The van der Waals surface area contributed by atoms with Gasteiger partial charge in [-0.25, -0.2) is 0 Å². The zero-order chi connectivity index (χ0) is 11.7. The van der Waals surface area contributed by atoms with E-state index in [9.17, 15) is 5.11 Å². The van der Waals surface area contributed by atoms with Crippen LogP contribution in [0, 0.1) is 0 Å². The lowest BCUT2D eigenvalue weighted by Gasteiger charge is -2.13. The van der Waals surface area contributed by atoms with E-state index in [1.165, 1.54) is 5.56 Å². The minimum absolute atomic E-state index is 0.324. The molecule has 0 aliphatic rings. The maximum absolute atomic E-state index is 9.69. The highest BCUT2D eigenvalue weighted by atomic mass is 35.5. The molecule has 0 heterocycles. The van der Waals surface area contributed by atoms with Crippen LogP contribution in [-0.4, -0.2) is 5.11 Å². The van der Waals surface area contributed by atoms with Gasteiger partial charge in [-0.1, -0.05) is 31.5 Å². The Morgan fingerprint density at radius 1 is 1.25 bits per heavy atom. The molecule has 1 nitrogen and oxygen atoms in total. The topological polar surface area (TPSA) is 20.2 Å². The molecule has 0 aliphatic carbocycles. The van der Waals surface area contributed by atoms with E-state index in [0.717, 1.165) is 22.2 Å². The quantitative estimate of drug-likeness (QED) is 0.798. The highest BCUT2D eigenvalue weighted by Crippen LogP contribution is 2.32. The lowest BCUT2D eigenvalue weighted by atomic mass is 9.93. The van der Waals surface area contributed by atoms with Gasteiger partial charge in [-0.3, -0.25) is 0 Å². The number of rotatable bonds is 2. The molecule has 0 bridgehead atoms. The summed E-state index contributed by atoms with van der Waals surface area (Å²) in [6.45, 7) is 4.31. The Labute approximate surface area is 101 Å². The maximum Gasteiger partial charge on any atom is 0.116 e. The van der Waals surface area contributed by atoms with Gasteiger partial charge in [0.2, 0.25) is 0 Å². The van der Waals surface area contributed by atoms with Crippen molar-refractivity contribution in [2.75, 3.05) is 0 Å². The predicted octanol–water partition coefficient (Wildman–Crippen LogP) is 4.71. The number of aromatic hydroxyl groups is 1. The normalized spacial score (nSPS) is 12.9. The molecule has 0 spiro atoms. The van der Waals surface area contributed by atoms with Gasteiger partial charge in [0.05, 0.1) is 0 Å². The van der Waals surface area contributed by atoms with Crippen LogP contribution in [0.2, 0.25) is 5.02 Å². The monoisotopic (exact) mass is 234 g/mol. The Morgan fingerprint density at radius 3 is 2.69 bits per heavy atom. The third kappa shape index (κ3) is 2.00. The first kappa shape index (κ1) is 11.3. The minimum atomic E-state index is 0.324. The third-order valence-electron chi connectivity index (χ3n) is 3.08. The van der Waals surface area contributed by atoms with Crippen LogP contribution in [0.3, 0.4) is 0 Å². The molecule has 1 atom stereocenters. The number of hydrogen-bond donors (Lipinski definition) is 1. The van der Waals surface area contributed by atoms with Gasteiger partial charge in [0.1, 0.15) is 5.75 Å². The molecule has 16 heavy (non-hydrogen) atoms. The summed E-state index contributed by atoms with van der Waals surface area (Å²) >= 11 is 6.02. The zero-order valence-corrected chi connectivity index (χ0v) is 10.3. The van der Waals surface area contributed by atoms with Crippen LogP contribution in [0.15, 0.2) is 30.3 Å². The second-order valence-electron chi connectivity index (χ2n) is 4.21. The van der Waals surface area contributed by atoms with Crippen molar-refractivity contribution in [3.05, 3.63) is 40.9 Å². The Balaban J connectivity index is 2.74. The molecule has 0 saturated carbocycles. The zero-order valence-electron chi connectivity index (χ0n) is 9.50. The predicted molar refractivity (Wildman–Crippen MR) is 69.3 cm³/mol. The van der Waals surface area contributed by atoms with Gasteiger partial charge in [0.15, 0.2) is 0 Å². The maximum atomic E-state index is 9.69. The van der Waals surface area contributed by atoms with Crippen molar-refractivity contribution in [3.8, 4) is 5.75 Å². The van der Waals surface area contributed by atoms with Crippen molar-refractivity contribution < 1.29 is 5.11 Å². The van der Waals surface area contributed by atoms with Gasteiger partial charge >= 0.3 is 0 Å². The van der Waals surface area contributed by atoms with Gasteiger partial charge in [-0.2, -0.15) is 0 Å². The van der Waals surface area contributed by atoms with Crippen LogP contribution in [-0.2, 0) is 0 Å². The average Bonchev–Trinajstić information content (AvgIpc) is 2.27. The molecule has 2 aromatic rings. The summed E-state index contributed by atoms with van der Waals surface area (Å²) in [6, 6.07) is 9.38. The number of phenolic OH excluding ortho intramolecular Hbond substituents is 1. The van der Waals surface area contributed by atoms with Crippen LogP contribution in [0.4, 0.5) is 0 Å². The van der Waals surface area contributed by atoms with Gasteiger partial charge in [0, 0.05) is 5.02 Å². The van der Waals surface area contributed by atoms with E-state index in [-0.39, 0.29) is 0 Å². The Hall–Kier alpha value is -1.21. The molecule has 2 heteroatoms. The van der Waals surface area contributed by atoms with Gasteiger partial charge < -0.3 is 5.11 Å². The fourth-order valence-corrected chi connectivity index (χ4v) is 2.14. The fraction of sp³-hybridized carbons (Fsp3) is 0.286. The van der Waals surface area contributed by atoms with Gasteiger partial charge in [-0.15, -0.1) is 0 Å². The van der Waals surface area contributed by atoms with Crippen LogP contribution in [0.5, 0.6) is 5.75 Å². The summed E-state index contributed by atoms with van der Waals surface area (Å²) in [4.78, 5) is 0. The summed E-state index contributed by atoms with van der Waals surface area (Å²) in [5.41, 5.74) is 1.17. The first-order chi connectivity index (χ1) is 7.61. The van der Waals surface area contributed by atoms with Crippen LogP contribution >= 0.6 is 11.6 Å². The SMILES string of the molecule is CCC(C)c1cc(O)cc2ccc(Cl)cc12. The Morgan fingerprint density at radius 2 is 2.00 bits per heavy atom. The molecular weight excluding hydrogens is 220 g/mol. The average molecular weight is 235 g/mol. The van der Waals surface area contributed by atoms with Crippen molar-refractivity contribution in [3.63, 3.8) is 0 Å². The van der Waals surface area contributed by atoms with Crippen molar-refractivity contribution in [2.24, 2.45) is 0 Å². The largest absolute Gasteiger partial charge is 0.508 e. The van der Waals surface area contributed by atoms with E-state index in [1.54, 1.807) is 6.07 Å². The molecule has 2 rings (SSSR count). The summed E-state index contributed by atoms with van der Waals surface area (Å²) < 4.78 is 0. The van der Waals surface area contributed by atoms with Gasteiger partial charge in [0.25, 0.3) is 0 Å². The summed E-state index contributed by atoms with van der Waals surface area (Å²) in [5, 5.41) is 12.6. The molecule has 1 N–H and O–H groups in total. The van der Waals surface area contributed by atoms with Crippen molar-refractivity contribution in [2.45, 2.75) is 26.2 Å². The number of halogens is 1. The van der Waals surface area contributed by atoms with Crippen LogP contribution in [0.25, 0.3) is 10.8 Å². The van der Waals surface area contributed by atoms with Crippen LogP contribution < -0.4 is 0 Å². The number of phenols is 1. The smallest absolute Gasteiger partial charge is 0.116 e. The second-order valence-corrected chi connectivity index (χ2v) is 4.65. The lowest BCUT2D eigenvalue weighted by Crippen LogP contribution is -1.93. The van der Waals surface area contributed by atoms with E-state index in [0.29, 0.717) is 11.7 Å². The molecule has 1 unspecified atom stereocenters. The molecule has 84 valence electrons. The van der Waals surface area contributed by atoms with E-state index in [4.69, 9.17) is 11.6 Å². The number of benzene rings is 2. The third-order valence-corrected chi connectivity index (χ3v) is 3.31. The molecule has 0 fully saturated rings. The van der Waals surface area contributed by atoms with E-state index in [2.05, 4.69) is 13.8 Å². The lowest BCUT2D eigenvalue weighted by molar-refractivity contribution is 0.475. The van der Waals surface area contributed by atoms with Gasteiger partial charge in [-0.05, 0) is 52.9 Å². The summed E-state index contributed by atoms with van der Waals surface area (Å²) in [7, 11) is 0. The van der Waals surface area contributed by atoms with E-state index < -0.39 is 0 Å². The van der Waals surface area contributed by atoms with Crippen molar-refractivity contribution >= 4 is 22.4 Å². The first-order valence-electron chi connectivity index (χ1n) is 5.54. The molecule has 2 aromatic carbocycles. The molecular formula is C14H15ClO. The molecule has 0 radical (unpaired) electrons. The van der Waals surface area contributed by atoms with E-state index >= 15 is 0 Å². The Kier molecular flexibility index (Phi) is 3.06. The first-order valence-corrected chi connectivity index (χ1v) is 5.91. The molecule has 0 aliphatic heterocycles. The standard InChI is InChI=1S/C14H15ClO/c1-3-9(2)13-8-12(16)6-10-4-5-11(15)7-14(10)13/h4-9,16H,3H2,1-2H3. The molecule has 0 amide bonds. The summed E-state index contributed by atoms with van der Waals surface area (Å²) in [5.74, 6) is 0.748. The highest BCUT2D eigenvalue weighted by Gasteiger charge is 2.09. The number of fused-ring (bicyclic) bond motifs is 1. The second kappa shape index (κ2) is 4.34. The van der Waals surface area contributed by atoms with Crippen molar-refractivity contribution in [1.29, 1.82) is 0 Å². The minimum Gasteiger partial charge on any atom is -0.508 e. The highest BCUT2D eigenvalue weighted by molar-refractivity contribution is 6.31. The Bertz CT molecular complexity index is 519. The molecule has 0 saturated heterocycles. The van der Waals surface area contributed by atoms with E-state index in [1.807, 2.05) is 24.3 Å². The van der Waals surface area contributed by atoms with Crippen LogP contribution in [0.1, 0.15) is 31.7 Å².